The average Bonchev–Trinajstić information content (AvgIpc) is 3.12. The van der Waals surface area contributed by atoms with Gasteiger partial charge in [0, 0.05) is 36.4 Å². The first-order chi connectivity index (χ1) is 24.9. The van der Waals surface area contributed by atoms with E-state index in [2.05, 4.69) is 25.9 Å². The number of carbonyl (C=O) groups excluding carboxylic acids is 3. The number of hydrogen-bond acceptors (Lipinski definition) is 8. The van der Waals surface area contributed by atoms with Crippen molar-refractivity contribution in [3.8, 4) is 0 Å². The van der Waals surface area contributed by atoms with Crippen LogP contribution in [0.3, 0.4) is 0 Å². The van der Waals surface area contributed by atoms with Crippen LogP contribution in [0, 0.1) is 5.92 Å². The summed E-state index contributed by atoms with van der Waals surface area (Å²) in [6.07, 6.45) is 3.76. The Hall–Kier alpha value is -4.71. The Balaban J connectivity index is 1.31. The lowest BCUT2D eigenvalue weighted by Crippen LogP contribution is -2.60. The summed E-state index contributed by atoms with van der Waals surface area (Å²) in [4.78, 5) is 51.6. The van der Waals surface area contributed by atoms with Gasteiger partial charge in [-0.2, -0.15) is 0 Å². The van der Waals surface area contributed by atoms with Crippen molar-refractivity contribution in [1.82, 2.24) is 30.8 Å². The number of para-hydroxylation sites is 1. The number of likely N-dealkylation sites (tertiary alicyclic amines) is 1. The second-order valence-electron chi connectivity index (χ2n) is 15.0. The molecule has 52 heavy (non-hydrogen) atoms. The van der Waals surface area contributed by atoms with E-state index in [-0.39, 0.29) is 30.2 Å². The highest BCUT2D eigenvalue weighted by atomic mass is 16.5. The number of nitrogens with one attached hydrogen (secondary N) is 3. The smallest absolute Gasteiger partial charge is 0.270 e. The fourth-order valence-corrected chi connectivity index (χ4v) is 6.50. The average molecular weight is 709 g/mol. The third kappa shape index (κ3) is 10.9. The molecular formula is C41H52N6O5. The van der Waals surface area contributed by atoms with Crippen LogP contribution in [0.25, 0.3) is 10.9 Å². The zero-order valence-electron chi connectivity index (χ0n) is 30.8. The zero-order valence-corrected chi connectivity index (χ0v) is 30.8. The number of fused-ring (bicyclic) bond motifs is 1. The molecule has 0 aliphatic carbocycles. The highest BCUT2D eigenvalue weighted by Crippen LogP contribution is 2.24. The van der Waals surface area contributed by atoms with Gasteiger partial charge in [0.2, 0.25) is 11.8 Å². The summed E-state index contributed by atoms with van der Waals surface area (Å²) in [7, 11) is 0. The van der Waals surface area contributed by atoms with E-state index in [4.69, 9.17) is 4.74 Å². The number of amides is 3. The van der Waals surface area contributed by atoms with Gasteiger partial charge in [0.1, 0.15) is 11.7 Å². The number of ether oxygens (including phenoxy) is 1. The summed E-state index contributed by atoms with van der Waals surface area (Å²) < 4.78 is 6.25. The van der Waals surface area contributed by atoms with Gasteiger partial charge in [-0.3, -0.25) is 24.3 Å². The number of rotatable bonds is 14. The molecule has 3 heterocycles. The molecule has 1 fully saturated rings. The van der Waals surface area contributed by atoms with Gasteiger partial charge in [-0.25, -0.2) is 4.98 Å². The van der Waals surface area contributed by atoms with E-state index in [1.54, 1.807) is 18.5 Å². The quantitative estimate of drug-likeness (QED) is 0.151. The maximum atomic E-state index is 14.0. The van der Waals surface area contributed by atoms with Crippen molar-refractivity contribution in [2.45, 2.75) is 96.4 Å². The van der Waals surface area contributed by atoms with Crippen LogP contribution in [0.4, 0.5) is 0 Å². The maximum Gasteiger partial charge on any atom is 0.270 e. The second-order valence-corrected chi connectivity index (χ2v) is 15.0. The standard InChI is InChI=1S/C41H52N6O5/c1-27(2)37(45-38(49)33-16-15-30-13-9-10-14-32(30)43-33)40(51)44-34(23-28-11-7-6-8-12-28)36(48)25-47-22-19-31(52-26-29-17-20-42-21-18-29)24-35(47)39(50)46-41(3,4)5/h6-18,20-21,27,31,34-37,48H,19,22-26H2,1-5H3,(H,44,51)(H,45,49)(H,46,50)/t31-,34+,35+,36-,37+/m1/s1. The third-order valence-electron chi connectivity index (χ3n) is 9.28. The molecule has 5 atom stereocenters. The number of β-amino-alcohol motifs (C(OH)–C–C–N with tert-alkyl or cyclic N) is 1. The van der Waals surface area contributed by atoms with E-state index in [0.29, 0.717) is 37.9 Å². The number of benzene rings is 2. The number of aliphatic hydroxyl groups excluding tert-OH is 1. The van der Waals surface area contributed by atoms with Crippen molar-refractivity contribution in [1.29, 1.82) is 0 Å². The van der Waals surface area contributed by atoms with Crippen molar-refractivity contribution in [2.75, 3.05) is 13.1 Å². The third-order valence-corrected chi connectivity index (χ3v) is 9.28. The maximum absolute atomic E-state index is 14.0. The van der Waals surface area contributed by atoms with Crippen LogP contribution < -0.4 is 16.0 Å². The van der Waals surface area contributed by atoms with Crippen LogP contribution in [0.1, 0.15) is 69.1 Å². The Morgan fingerprint density at radius 1 is 0.923 bits per heavy atom. The minimum atomic E-state index is -1.03. The number of pyridine rings is 2. The molecule has 0 bridgehead atoms. The predicted molar refractivity (Wildman–Crippen MR) is 201 cm³/mol. The minimum absolute atomic E-state index is 0.134. The van der Waals surface area contributed by atoms with Gasteiger partial charge in [-0.1, -0.05) is 68.4 Å². The van der Waals surface area contributed by atoms with Gasteiger partial charge >= 0.3 is 0 Å². The Labute approximate surface area is 306 Å². The number of piperidine rings is 1. The Kier molecular flexibility index (Phi) is 13.1. The summed E-state index contributed by atoms with van der Waals surface area (Å²) in [5.41, 5.74) is 2.39. The van der Waals surface area contributed by atoms with Crippen LogP contribution in [-0.2, 0) is 27.4 Å². The number of carbonyl (C=O) groups is 3. The molecule has 1 aliphatic rings. The van der Waals surface area contributed by atoms with Gasteiger partial charge in [0.15, 0.2) is 0 Å². The molecule has 0 spiro atoms. The Morgan fingerprint density at radius 3 is 2.35 bits per heavy atom. The molecule has 2 aromatic carbocycles. The number of aliphatic hydroxyl groups is 1. The highest BCUT2D eigenvalue weighted by Gasteiger charge is 2.38. The predicted octanol–water partition coefficient (Wildman–Crippen LogP) is 4.44. The fraction of sp³-hybridized carbons (Fsp3) is 0.439. The lowest BCUT2D eigenvalue weighted by Gasteiger charge is -2.41. The summed E-state index contributed by atoms with van der Waals surface area (Å²) in [5, 5.41) is 21.9. The second kappa shape index (κ2) is 17.7. The van der Waals surface area contributed by atoms with Gasteiger partial charge < -0.3 is 25.8 Å². The van der Waals surface area contributed by atoms with Crippen molar-refractivity contribution < 1.29 is 24.2 Å². The van der Waals surface area contributed by atoms with E-state index in [1.807, 2.05) is 112 Å². The largest absolute Gasteiger partial charge is 0.390 e. The molecule has 0 unspecified atom stereocenters. The molecule has 1 aliphatic heterocycles. The Morgan fingerprint density at radius 2 is 1.63 bits per heavy atom. The first-order valence-electron chi connectivity index (χ1n) is 18.1. The van der Waals surface area contributed by atoms with Crippen LogP contribution in [0.5, 0.6) is 0 Å². The van der Waals surface area contributed by atoms with E-state index in [1.165, 1.54) is 0 Å². The lowest BCUT2D eigenvalue weighted by atomic mass is 9.94. The van der Waals surface area contributed by atoms with E-state index in [0.717, 1.165) is 16.5 Å². The van der Waals surface area contributed by atoms with Crippen LogP contribution in [0.2, 0.25) is 0 Å². The molecule has 5 rings (SSSR count). The van der Waals surface area contributed by atoms with Crippen molar-refractivity contribution in [3.05, 3.63) is 108 Å². The molecule has 0 radical (unpaired) electrons. The van der Waals surface area contributed by atoms with E-state index in [9.17, 15) is 19.5 Å². The van der Waals surface area contributed by atoms with E-state index >= 15 is 0 Å². The van der Waals surface area contributed by atoms with Gasteiger partial charge in [-0.05, 0) is 81.3 Å². The molecule has 11 heteroatoms. The molecule has 1 saturated heterocycles. The number of aromatic nitrogens is 2. The Bertz CT molecular complexity index is 1780. The topological polar surface area (TPSA) is 146 Å². The lowest BCUT2D eigenvalue weighted by molar-refractivity contribution is -0.134. The summed E-state index contributed by atoms with van der Waals surface area (Å²) in [6, 6.07) is 22.3. The minimum Gasteiger partial charge on any atom is -0.390 e. The summed E-state index contributed by atoms with van der Waals surface area (Å²) in [6.45, 7) is 10.6. The van der Waals surface area contributed by atoms with Gasteiger partial charge in [0.05, 0.1) is 36.4 Å². The summed E-state index contributed by atoms with van der Waals surface area (Å²) in [5.74, 6) is -1.25. The van der Waals surface area contributed by atoms with Gasteiger partial charge in [0.25, 0.3) is 5.91 Å². The molecule has 4 N–H and O–H groups in total. The van der Waals surface area contributed by atoms with Crippen LogP contribution >= 0.6 is 0 Å². The summed E-state index contributed by atoms with van der Waals surface area (Å²) >= 11 is 0. The van der Waals surface area contributed by atoms with Crippen molar-refractivity contribution >= 4 is 28.6 Å². The van der Waals surface area contributed by atoms with Crippen LogP contribution in [-0.4, -0.2) is 86.7 Å². The van der Waals surface area contributed by atoms with Crippen LogP contribution in [0.15, 0.2) is 91.3 Å². The normalized spacial score (nSPS) is 18.4. The molecular weight excluding hydrogens is 656 g/mol. The first-order valence-corrected chi connectivity index (χ1v) is 18.1. The molecule has 0 saturated carbocycles. The van der Waals surface area contributed by atoms with Crippen molar-refractivity contribution in [2.24, 2.45) is 5.92 Å². The molecule has 3 amide bonds. The van der Waals surface area contributed by atoms with Gasteiger partial charge in [-0.15, -0.1) is 0 Å². The zero-order chi connectivity index (χ0) is 37.3. The van der Waals surface area contributed by atoms with E-state index < -0.39 is 41.6 Å². The molecule has 276 valence electrons. The molecule has 11 nitrogen and oxygen atoms in total. The SMILES string of the molecule is CC(C)[C@H](NC(=O)c1ccc2ccccc2n1)C(=O)N[C@@H](Cc1ccccc1)[C@H](O)CN1CC[C@@H](OCc2ccncc2)C[C@H]1C(=O)NC(C)(C)C. The highest BCUT2D eigenvalue weighted by molar-refractivity contribution is 5.98. The van der Waals surface area contributed by atoms with Crippen molar-refractivity contribution in [3.63, 3.8) is 0 Å². The number of nitrogens with zero attached hydrogens (tertiary/aromatic N) is 3. The monoisotopic (exact) mass is 708 g/mol. The molecule has 2 aromatic heterocycles. The fourth-order valence-electron chi connectivity index (χ4n) is 6.50. The molecule has 4 aromatic rings. The number of hydrogen-bond donors (Lipinski definition) is 4. The first kappa shape index (κ1) is 38.5.